The summed E-state index contributed by atoms with van der Waals surface area (Å²) in [7, 11) is -3.85. The average molecular weight is 491 g/mol. The monoisotopic (exact) mass is 491 g/mol. The first-order valence-electron chi connectivity index (χ1n) is 9.45. The molecule has 33 heavy (non-hydrogen) atoms. The minimum atomic E-state index is -4.80. The molecular weight excluding hydrogens is 471 g/mol. The molecule has 1 heterocycles. The van der Waals surface area contributed by atoms with E-state index in [-0.39, 0.29) is 42.9 Å². The summed E-state index contributed by atoms with van der Waals surface area (Å²) in [5, 5.41) is 11.1. The summed E-state index contributed by atoms with van der Waals surface area (Å²) in [6, 6.07) is 10.1. The van der Waals surface area contributed by atoms with Crippen LogP contribution in [0.15, 0.2) is 53.4 Å². The first kappa shape index (κ1) is 24.6. The standard InChI is InChI=1S/C20H20F3NO8S/c21-20(22,23)32-16-3-1-14(2-4-16)31-15-5-7-17(8-6-15)33(27,28)12-19(9-24-18(25)26)10-29-13-30-11-19/h1-8,24H,9-13H2,(H,25,26). The number of ether oxygens (including phenoxy) is 4. The second-order valence-corrected chi connectivity index (χ2v) is 9.31. The van der Waals surface area contributed by atoms with E-state index in [1.807, 2.05) is 0 Å². The molecule has 0 atom stereocenters. The van der Waals surface area contributed by atoms with Crippen LogP contribution in [0.2, 0.25) is 0 Å². The number of halogens is 3. The van der Waals surface area contributed by atoms with Gasteiger partial charge in [0, 0.05) is 12.0 Å². The van der Waals surface area contributed by atoms with Gasteiger partial charge in [-0.15, -0.1) is 13.2 Å². The summed E-state index contributed by atoms with van der Waals surface area (Å²) < 4.78 is 82.3. The van der Waals surface area contributed by atoms with Gasteiger partial charge in [-0.05, 0) is 48.5 Å². The number of sulfone groups is 1. The molecule has 0 spiro atoms. The van der Waals surface area contributed by atoms with E-state index < -0.39 is 39.2 Å². The van der Waals surface area contributed by atoms with Crippen LogP contribution in [0, 0.1) is 5.41 Å². The Morgan fingerprint density at radius 1 is 1.00 bits per heavy atom. The van der Waals surface area contributed by atoms with E-state index in [2.05, 4.69) is 10.1 Å². The van der Waals surface area contributed by atoms with E-state index >= 15 is 0 Å². The lowest BCUT2D eigenvalue weighted by molar-refractivity contribution is -0.274. The van der Waals surface area contributed by atoms with Gasteiger partial charge in [0.1, 0.15) is 24.0 Å². The predicted molar refractivity (Wildman–Crippen MR) is 107 cm³/mol. The van der Waals surface area contributed by atoms with Crippen molar-refractivity contribution in [3.8, 4) is 17.2 Å². The molecule has 1 aliphatic heterocycles. The highest BCUT2D eigenvalue weighted by Crippen LogP contribution is 2.30. The minimum absolute atomic E-state index is 0.00174. The van der Waals surface area contributed by atoms with Crippen LogP contribution >= 0.6 is 0 Å². The molecule has 9 nitrogen and oxygen atoms in total. The van der Waals surface area contributed by atoms with Crippen LogP contribution in [0.3, 0.4) is 0 Å². The van der Waals surface area contributed by atoms with Gasteiger partial charge in [0.2, 0.25) is 0 Å². The Morgan fingerprint density at radius 2 is 1.52 bits per heavy atom. The topological polar surface area (TPSA) is 120 Å². The number of hydrogen-bond acceptors (Lipinski definition) is 7. The van der Waals surface area contributed by atoms with E-state index in [9.17, 15) is 26.4 Å². The highest BCUT2D eigenvalue weighted by Gasteiger charge is 2.39. The van der Waals surface area contributed by atoms with E-state index in [0.717, 1.165) is 12.1 Å². The second kappa shape index (κ2) is 9.85. The van der Waals surface area contributed by atoms with Crippen molar-refractivity contribution in [2.24, 2.45) is 5.41 Å². The van der Waals surface area contributed by atoms with Crippen molar-refractivity contribution in [3.63, 3.8) is 0 Å². The second-order valence-electron chi connectivity index (χ2n) is 7.33. The molecule has 180 valence electrons. The van der Waals surface area contributed by atoms with Crippen LogP contribution in [0.5, 0.6) is 17.2 Å². The van der Waals surface area contributed by atoms with Crippen molar-refractivity contribution in [1.29, 1.82) is 0 Å². The molecule has 13 heteroatoms. The van der Waals surface area contributed by atoms with Crippen LogP contribution < -0.4 is 14.8 Å². The summed E-state index contributed by atoms with van der Waals surface area (Å²) in [5.74, 6) is -0.347. The van der Waals surface area contributed by atoms with Gasteiger partial charge in [0.05, 0.1) is 23.9 Å². The van der Waals surface area contributed by atoms with Crippen LogP contribution in [-0.4, -0.2) is 58.3 Å². The Kier molecular flexibility index (Phi) is 7.34. The number of carbonyl (C=O) groups is 1. The van der Waals surface area contributed by atoms with Crippen molar-refractivity contribution in [2.75, 3.05) is 32.3 Å². The lowest BCUT2D eigenvalue weighted by Crippen LogP contribution is -2.50. The number of carboxylic acid groups (broad SMARTS) is 1. The van der Waals surface area contributed by atoms with Crippen molar-refractivity contribution >= 4 is 15.9 Å². The van der Waals surface area contributed by atoms with E-state index in [4.69, 9.17) is 19.3 Å². The smallest absolute Gasteiger partial charge is 0.465 e. The van der Waals surface area contributed by atoms with Crippen LogP contribution in [0.4, 0.5) is 18.0 Å². The molecule has 1 saturated heterocycles. The Hall–Kier alpha value is -3.03. The number of nitrogens with one attached hydrogen (secondary N) is 1. The third-order valence-corrected chi connectivity index (χ3v) is 6.55. The molecule has 0 unspecified atom stereocenters. The summed E-state index contributed by atoms with van der Waals surface area (Å²) in [4.78, 5) is 10.9. The maximum absolute atomic E-state index is 12.9. The maximum Gasteiger partial charge on any atom is 0.573 e. The summed E-state index contributed by atoms with van der Waals surface area (Å²) in [5.41, 5.74) is -1.09. The van der Waals surface area contributed by atoms with Gasteiger partial charge in [0.15, 0.2) is 9.84 Å². The third kappa shape index (κ3) is 7.23. The highest BCUT2D eigenvalue weighted by atomic mass is 32.2. The molecule has 2 N–H and O–H groups in total. The first-order valence-corrected chi connectivity index (χ1v) is 11.1. The Balaban J connectivity index is 1.68. The molecule has 0 radical (unpaired) electrons. The zero-order valence-corrected chi connectivity index (χ0v) is 17.8. The Morgan fingerprint density at radius 3 is 2.03 bits per heavy atom. The van der Waals surface area contributed by atoms with Gasteiger partial charge in [-0.2, -0.15) is 0 Å². The zero-order valence-electron chi connectivity index (χ0n) is 17.0. The number of amides is 1. The van der Waals surface area contributed by atoms with Gasteiger partial charge < -0.3 is 29.4 Å². The van der Waals surface area contributed by atoms with Crippen molar-refractivity contribution in [2.45, 2.75) is 11.3 Å². The summed E-state index contributed by atoms with van der Waals surface area (Å²) >= 11 is 0. The average Bonchev–Trinajstić information content (AvgIpc) is 2.73. The molecule has 0 aliphatic carbocycles. The van der Waals surface area contributed by atoms with Crippen LogP contribution in [0.1, 0.15) is 0 Å². The molecule has 2 aromatic carbocycles. The zero-order chi connectivity index (χ0) is 24.1. The van der Waals surface area contributed by atoms with E-state index in [1.54, 1.807) is 0 Å². The molecule has 1 fully saturated rings. The molecule has 2 aromatic rings. The van der Waals surface area contributed by atoms with Gasteiger partial charge in [0.25, 0.3) is 0 Å². The largest absolute Gasteiger partial charge is 0.573 e. The molecular formula is C20H20F3NO8S. The van der Waals surface area contributed by atoms with Gasteiger partial charge in [-0.3, -0.25) is 0 Å². The van der Waals surface area contributed by atoms with Crippen molar-refractivity contribution in [3.05, 3.63) is 48.5 Å². The van der Waals surface area contributed by atoms with Gasteiger partial charge >= 0.3 is 12.5 Å². The summed E-state index contributed by atoms with van der Waals surface area (Å²) in [6.07, 6.45) is -6.10. The molecule has 1 amide bonds. The SMILES string of the molecule is O=C(O)NCC1(CS(=O)(=O)c2ccc(Oc3ccc(OC(F)(F)F)cc3)cc2)COCOC1. The number of hydrogen-bond donors (Lipinski definition) is 2. The molecule has 3 rings (SSSR count). The molecule has 1 aliphatic rings. The highest BCUT2D eigenvalue weighted by molar-refractivity contribution is 7.91. The van der Waals surface area contributed by atoms with Crippen LogP contribution in [0.25, 0.3) is 0 Å². The van der Waals surface area contributed by atoms with Crippen molar-refractivity contribution in [1.82, 2.24) is 5.32 Å². The molecule has 0 saturated carbocycles. The number of rotatable bonds is 8. The number of alkyl halides is 3. The van der Waals surface area contributed by atoms with E-state index in [1.165, 1.54) is 36.4 Å². The first-order chi connectivity index (χ1) is 15.5. The predicted octanol–water partition coefficient (Wildman–Crippen LogP) is 3.41. The van der Waals surface area contributed by atoms with Crippen LogP contribution in [-0.2, 0) is 19.3 Å². The fraction of sp³-hybridized carbons (Fsp3) is 0.350. The normalized spacial score (nSPS) is 16.1. The fourth-order valence-corrected chi connectivity index (χ4v) is 4.96. The van der Waals surface area contributed by atoms with Gasteiger partial charge in [-0.1, -0.05) is 0 Å². The molecule has 0 aromatic heterocycles. The quantitative estimate of drug-likeness (QED) is 0.577. The molecule has 0 bridgehead atoms. The Bertz CT molecular complexity index is 1050. The minimum Gasteiger partial charge on any atom is -0.465 e. The number of benzene rings is 2. The third-order valence-electron chi connectivity index (χ3n) is 4.57. The fourth-order valence-electron chi connectivity index (χ4n) is 3.16. The lowest BCUT2D eigenvalue weighted by Gasteiger charge is -2.36. The lowest BCUT2D eigenvalue weighted by atomic mass is 9.92. The van der Waals surface area contributed by atoms with Crippen molar-refractivity contribution < 1.29 is 50.4 Å². The summed E-state index contributed by atoms with van der Waals surface area (Å²) in [6.45, 7) is -0.176. The van der Waals surface area contributed by atoms with E-state index in [0.29, 0.717) is 0 Å². The maximum atomic E-state index is 12.9. The van der Waals surface area contributed by atoms with Gasteiger partial charge in [-0.25, -0.2) is 13.2 Å². The Labute approximate surface area is 186 Å².